The smallest absolute Gasteiger partial charge is 0.119 e. The van der Waals surface area contributed by atoms with Crippen LogP contribution in [0.25, 0.3) is 11.1 Å². The monoisotopic (exact) mass is 394 g/mol. The van der Waals surface area contributed by atoms with Crippen molar-refractivity contribution >= 4 is 0 Å². The molecule has 3 rings (SSSR count). The average molecular weight is 395 g/mol. The summed E-state index contributed by atoms with van der Waals surface area (Å²) in [6.07, 6.45) is 14.5. The van der Waals surface area contributed by atoms with Gasteiger partial charge in [-0.2, -0.15) is 0 Å². The fraction of sp³-hybridized carbons (Fsp3) is 0.556. The molecule has 0 spiro atoms. The highest BCUT2D eigenvalue weighted by Crippen LogP contribution is 2.27. The summed E-state index contributed by atoms with van der Waals surface area (Å²) in [5.74, 6) is 2.69. The normalized spacial score (nSPS) is 14.7. The fourth-order valence-electron chi connectivity index (χ4n) is 4.13. The lowest BCUT2D eigenvalue weighted by molar-refractivity contribution is 0.209. The fourth-order valence-corrected chi connectivity index (χ4v) is 4.13. The minimum absolute atomic E-state index is 0.743. The van der Waals surface area contributed by atoms with Crippen LogP contribution in [0.3, 0.4) is 0 Å². The van der Waals surface area contributed by atoms with Crippen molar-refractivity contribution in [3.05, 3.63) is 48.5 Å². The van der Waals surface area contributed by atoms with Crippen LogP contribution in [0.4, 0.5) is 0 Å². The zero-order valence-electron chi connectivity index (χ0n) is 18.2. The van der Waals surface area contributed by atoms with Gasteiger partial charge in [-0.1, -0.05) is 82.6 Å². The molecule has 1 aliphatic rings. The van der Waals surface area contributed by atoms with Gasteiger partial charge < -0.3 is 9.47 Å². The predicted octanol–water partition coefficient (Wildman–Crippen LogP) is 8.05. The Morgan fingerprint density at radius 1 is 0.655 bits per heavy atom. The van der Waals surface area contributed by atoms with Crippen LogP contribution in [0.5, 0.6) is 11.5 Å². The highest BCUT2D eigenvalue weighted by atomic mass is 16.5. The molecular weight excluding hydrogens is 356 g/mol. The zero-order valence-corrected chi connectivity index (χ0v) is 18.2. The highest BCUT2D eigenvalue weighted by molar-refractivity contribution is 5.64. The number of hydrogen-bond donors (Lipinski definition) is 0. The molecule has 1 aliphatic carbocycles. The van der Waals surface area contributed by atoms with Crippen LogP contribution < -0.4 is 9.47 Å². The molecule has 2 nitrogen and oxygen atoms in total. The maximum Gasteiger partial charge on any atom is 0.119 e. The number of benzene rings is 2. The molecule has 0 heterocycles. The maximum atomic E-state index is 6.02. The van der Waals surface area contributed by atoms with Gasteiger partial charge >= 0.3 is 0 Å². The van der Waals surface area contributed by atoms with E-state index in [0.717, 1.165) is 37.1 Å². The van der Waals surface area contributed by atoms with Crippen LogP contribution in [0.2, 0.25) is 0 Å². The first kappa shape index (κ1) is 21.7. The van der Waals surface area contributed by atoms with Crippen LogP contribution in [0.1, 0.15) is 77.6 Å². The van der Waals surface area contributed by atoms with Crippen LogP contribution in [-0.2, 0) is 0 Å². The van der Waals surface area contributed by atoms with E-state index in [1.807, 2.05) is 0 Å². The van der Waals surface area contributed by atoms with E-state index in [1.54, 1.807) is 0 Å². The quantitative estimate of drug-likeness (QED) is 0.339. The van der Waals surface area contributed by atoms with Crippen molar-refractivity contribution in [2.24, 2.45) is 5.92 Å². The second-order valence-corrected chi connectivity index (χ2v) is 8.48. The van der Waals surface area contributed by atoms with E-state index in [1.165, 1.54) is 75.3 Å². The van der Waals surface area contributed by atoms with Crippen molar-refractivity contribution in [1.29, 1.82) is 0 Å². The molecule has 2 aromatic carbocycles. The third kappa shape index (κ3) is 7.76. The van der Waals surface area contributed by atoms with Gasteiger partial charge in [0.1, 0.15) is 11.5 Å². The Bertz CT molecular complexity index is 669. The minimum atomic E-state index is 0.743. The summed E-state index contributed by atoms with van der Waals surface area (Å²) in [7, 11) is 0. The summed E-state index contributed by atoms with van der Waals surface area (Å²) in [5.41, 5.74) is 2.44. The maximum absolute atomic E-state index is 6.02. The van der Waals surface area contributed by atoms with Crippen molar-refractivity contribution in [3.8, 4) is 22.6 Å². The molecule has 158 valence electrons. The van der Waals surface area contributed by atoms with E-state index >= 15 is 0 Å². The molecule has 2 aromatic rings. The Morgan fingerprint density at radius 3 is 1.83 bits per heavy atom. The Kier molecular flexibility index (Phi) is 9.42. The molecule has 0 saturated heterocycles. The van der Waals surface area contributed by atoms with Crippen molar-refractivity contribution in [2.75, 3.05) is 13.2 Å². The summed E-state index contributed by atoms with van der Waals surface area (Å²) in [6.45, 7) is 3.94. The lowest BCUT2D eigenvalue weighted by Gasteiger charge is -2.21. The number of hydrogen-bond acceptors (Lipinski definition) is 2. The molecular formula is C27H38O2. The number of rotatable bonds is 12. The summed E-state index contributed by atoms with van der Waals surface area (Å²) in [4.78, 5) is 0. The first-order chi connectivity index (χ1) is 14.3. The van der Waals surface area contributed by atoms with E-state index in [4.69, 9.17) is 9.47 Å². The summed E-state index contributed by atoms with van der Waals surface area (Å²) >= 11 is 0. The predicted molar refractivity (Wildman–Crippen MR) is 123 cm³/mol. The summed E-state index contributed by atoms with van der Waals surface area (Å²) in [6, 6.07) is 17.0. The van der Waals surface area contributed by atoms with Gasteiger partial charge in [0.15, 0.2) is 0 Å². The number of ether oxygens (including phenoxy) is 2. The van der Waals surface area contributed by atoms with Crippen molar-refractivity contribution in [3.63, 3.8) is 0 Å². The Balaban J connectivity index is 1.39. The molecule has 0 N–H and O–H groups in total. The molecule has 0 bridgehead atoms. The van der Waals surface area contributed by atoms with E-state index in [9.17, 15) is 0 Å². The second-order valence-electron chi connectivity index (χ2n) is 8.48. The van der Waals surface area contributed by atoms with Crippen LogP contribution >= 0.6 is 0 Å². The lowest BCUT2D eigenvalue weighted by atomic mass is 9.90. The molecule has 0 aliphatic heterocycles. The molecule has 1 fully saturated rings. The molecule has 1 saturated carbocycles. The minimum Gasteiger partial charge on any atom is -0.494 e. The van der Waals surface area contributed by atoms with Gasteiger partial charge in [-0.3, -0.25) is 0 Å². The molecule has 0 atom stereocenters. The number of unbranched alkanes of at least 4 members (excludes halogenated alkanes) is 5. The Labute approximate surface area is 177 Å². The molecule has 29 heavy (non-hydrogen) atoms. The SMILES string of the molecule is CCCCCCCCOc1ccc(-c2ccc(OCC3CCCCC3)cc2)cc1. The van der Waals surface area contributed by atoms with Gasteiger partial charge in [-0.15, -0.1) is 0 Å². The highest BCUT2D eigenvalue weighted by Gasteiger charge is 2.13. The van der Waals surface area contributed by atoms with Gasteiger partial charge in [0, 0.05) is 0 Å². The second kappa shape index (κ2) is 12.6. The molecule has 0 amide bonds. The Morgan fingerprint density at radius 2 is 1.21 bits per heavy atom. The first-order valence-corrected chi connectivity index (χ1v) is 11.8. The third-order valence-corrected chi connectivity index (χ3v) is 6.02. The van der Waals surface area contributed by atoms with Gasteiger partial charge in [0.25, 0.3) is 0 Å². The van der Waals surface area contributed by atoms with Crippen molar-refractivity contribution < 1.29 is 9.47 Å². The van der Waals surface area contributed by atoms with Crippen molar-refractivity contribution in [1.82, 2.24) is 0 Å². The zero-order chi connectivity index (χ0) is 20.2. The summed E-state index contributed by atoms with van der Waals surface area (Å²) < 4.78 is 11.9. The van der Waals surface area contributed by atoms with E-state index < -0.39 is 0 Å². The third-order valence-electron chi connectivity index (χ3n) is 6.02. The standard InChI is InChI=1S/C27H38O2/c1-2-3-4-5-6-10-21-28-26-17-13-24(14-18-26)25-15-19-27(20-16-25)29-22-23-11-8-7-9-12-23/h13-20,23H,2-12,21-22H2,1H3. The first-order valence-electron chi connectivity index (χ1n) is 11.8. The van der Waals surface area contributed by atoms with E-state index in [2.05, 4.69) is 55.5 Å². The molecule has 2 heteroatoms. The van der Waals surface area contributed by atoms with Crippen molar-refractivity contribution in [2.45, 2.75) is 77.6 Å². The van der Waals surface area contributed by atoms with Gasteiger partial charge in [-0.25, -0.2) is 0 Å². The topological polar surface area (TPSA) is 18.5 Å². The Hall–Kier alpha value is -1.96. The summed E-state index contributed by atoms with van der Waals surface area (Å²) in [5, 5.41) is 0. The molecule has 0 aromatic heterocycles. The average Bonchev–Trinajstić information content (AvgIpc) is 2.79. The van der Waals surface area contributed by atoms with Gasteiger partial charge in [-0.05, 0) is 60.6 Å². The van der Waals surface area contributed by atoms with Crippen LogP contribution in [0.15, 0.2) is 48.5 Å². The molecule has 0 radical (unpaired) electrons. The van der Waals surface area contributed by atoms with Gasteiger partial charge in [0.05, 0.1) is 13.2 Å². The van der Waals surface area contributed by atoms with E-state index in [0.29, 0.717) is 0 Å². The molecule has 0 unspecified atom stereocenters. The van der Waals surface area contributed by atoms with Gasteiger partial charge in [0.2, 0.25) is 0 Å². The lowest BCUT2D eigenvalue weighted by Crippen LogP contribution is -2.15. The van der Waals surface area contributed by atoms with Crippen LogP contribution in [-0.4, -0.2) is 13.2 Å². The van der Waals surface area contributed by atoms with Crippen LogP contribution in [0, 0.1) is 5.92 Å². The largest absolute Gasteiger partial charge is 0.494 e. The van der Waals surface area contributed by atoms with E-state index in [-0.39, 0.29) is 0 Å².